The molecule has 0 amide bonds. The quantitative estimate of drug-likeness (QED) is 0.833. The average Bonchev–Trinajstić information content (AvgIpc) is 3.26. The molecule has 1 saturated carbocycles. The second kappa shape index (κ2) is 5.61. The lowest BCUT2D eigenvalue weighted by molar-refractivity contribution is -0.0133. The Bertz CT molecular complexity index is 505. The Labute approximate surface area is 115 Å². The molecule has 1 N–H and O–H groups in total. The van der Waals surface area contributed by atoms with Crippen molar-refractivity contribution in [3.8, 4) is 0 Å². The topological polar surface area (TPSA) is 55.4 Å². The molecule has 1 aliphatic rings. The summed E-state index contributed by atoms with van der Waals surface area (Å²) in [6, 6.07) is 9.76. The Morgan fingerprint density at radius 2 is 1.95 bits per heavy atom. The molecule has 1 atom stereocenters. The van der Waals surface area contributed by atoms with Crippen molar-refractivity contribution in [3.05, 3.63) is 35.9 Å². The van der Waals surface area contributed by atoms with Crippen LogP contribution in [0.4, 0.5) is 0 Å². The van der Waals surface area contributed by atoms with E-state index in [9.17, 15) is 8.42 Å². The van der Waals surface area contributed by atoms with Gasteiger partial charge in [0.25, 0.3) is 0 Å². The Morgan fingerprint density at radius 3 is 2.42 bits per heavy atom. The third kappa shape index (κ3) is 3.16. The molecule has 1 aromatic carbocycles. The molecule has 2 rings (SSSR count). The van der Waals surface area contributed by atoms with E-state index in [2.05, 4.69) is 4.72 Å². The van der Waals surface area contributed by atoms with Gasteiger partial charge in [-0.25, -0.2) is 13.1 Å². The zero-order valence-electron chi connectivity index (χ0n) is 11.4. The molecule has 1 aliphatic carbocycles. The maximum absolute atomic E-state index is 11.9. The average molecular weight is 283 g/mol. The van der Waals surface area contributed by atoms with Crippen molar-refractivity contribution in [3.63, 3.8) is 0 Å². The van der Waals surface area contributed by atoms with Gasteiger partial charge in [0, 0.05) is 13.7 Å². The summed E-state index contributed by atoms with van der Waals surface area (Å²) in [4.78, 5) is 0. The molecule has 19 heavy (non-hydrogen) atoms. The zero-order valence-corrected chi connectivity index (χ0v) is 12.2. The van der Waals surface area contributed by atoms with Gasteiger partial charge in [0.1, 0.15) is 5.60 Å². The molecule has 5 heteroatoms. The first-order valence-corrected chi connectivity index (χ1v) is 8.18. The fourth-order valence-corrected chi connectivity index (χ4v) is 3.65. The highest BCUT2D eigenvalue weighted by molar-refractivity contribution is 7.90. The van der Waals surface area contributed by atoms with E-state index < -0.39 is 15.6 Å². The molecule has 0 radical (unpaired) electrons. The van der Waals surface area contributed by atoms with Gasteiger partial charge in [-0.1, -0.05) is 37.3 Å². The molecule has 0 saturated heterocycles. The lowest BCUT2D eigenvalue weighted by Crippen LogP contribution is -2.42. The zero-order chi connectivity index (χ0) is 13.9. The Balaban J connectivity index is 2.16. The van der Waals surface area contributed by atoms with Crippen molar-refractivity contribution in [2.75, 3.05) is 13.7 Å². The van der Waals surface area contributed by atoms with Crippen molar-refractivity contribution in [2.45, 2.75) is 37.0 Å². The highest BCUT2D eigenvalue weighted by Crippen LogP contribution is 2.31. The van der Waals surface area contributed by atoms with Crippen LogP contribution < -0.4 is 4.72 Å². The highest BCUT2D eigenvalue weighted by atomic mass is 32.2. The molecule has 1 fully saturated rings. The highest BCUT2D eigenvalue weighted by Gasteiger charge is 2.38. The van der Waals surface area contributed by atoms with E-state index in [0.717, 1.165) is 18.4 Å². The summed E-state index contributed by atoms with van der Waals surface area (Å²) in [6.45, 7) is 2.28. The van der Waals surface area contributed by atoms with Crippen molar-refractivity contribution < 1.29 is 13.2 Å². The van der Waals surface area contributed by atoms with Crippen LogP contribution in [0, 0.1) is 0 Å². The van der Waals surface area contributed by atoms with Gasteiger partial charge >= 0.3 is 0 Å². The second-order valence-corrected chi connectivity index (χ2v) is 7.03. The lowest BCUT2D eigenvalue weighted by atomic mass is 9.91. The monoisotopic (exact) mass is 283 g/mol. The van der Waals surface area contributed by atoms with Gasteiger partial charge in [0.2, 0.25) is 10.0 Å². The molecule has 4 nitrogen and oxygen atoms in total. The number of ether oxygens (including phenoxy) is 1. The van der Waals surface area contributed by atoms with Crippen molar-refractivity contribution in [1.82, 2.24) is 4.72 Å². The number of benzene rings is 1. The minimum Gasteiger partial charge on any atom is -0.372 e. The predicted molar refractivity (Wildman–Crippen MR) is 75.4 cm³/mol. The fourth-order valence-electron chi connectivity index (χ4n) is 2.22. The fraction of sp³-hybridized carbons (Fsp3) is 0.571. The molecule has 0 heterocycles. The molecule has 1 unspecified atom stereocenters. The van der Waals surface area contributed by atoms with Crippen LogP contribution in [0.1, 0.15) is 31.7 Å². The molecular weight excluding hydrogens is 262 g/mol. The van der Waals surface area contributed by atoms with Gasteiger partial charge in [0.05, 0.1) is 5.25 Å². The van der Waals surface area contributed by atoms with E-state index in [1.165, 1.54) is 0 Å². The minimum atomic E-state index is -3.18. The van der Waals surface area contributed by atoms with E-state index in [0.29, 0.717) is 6.42 Å². The normalized spacial score (nSPS) is 19.1. The standard InChI is InChI=1S/C14H21NO3S/c1-3-14(18-2,12-7-5-4-6-8-12)11-15-19(16,17)13-9-10-13/h4-8,13,15H,3,9-11H2,1-2H3. The van der Waals surface area contributed by atoms with Crippen LogP contribution in [0.15, 0.2) is 30.3 Å². The van der Waals surface area contributed by atoms with Crippen LogP contribution in [0.2, 0.25) is 0 Å². The van der Waals surface area contributed by atoms with Crippen LogP contribution in [0.5, 0.6) is 0 Å². The summed E-state index contributed by atoms with van der Waals surface area (Å²) in [6.07, 6.45) is 2.25. The van der Waals surface area contributed by atoms with E-state index in [-0.39, 0.29) is 11.8 Å². The molecule has 0 aromatic heterocycles. The molecular formula is C14H21NO3S. The van der Waals surface area contributed by atoms with Crippen LogP contribution in [0.3, 0.4) is 0 Å². The minimum absolute atomic E-state index is 0.199. The first-order chi connectivity index (χ1) is 9.04. The number of hydrogen-bond acceptors (Lipinski definition) is 3. The summed E-state index contributed by atoms with van der Waals surface area (Å²) >= 11 is 0. The van der Waals surface area contributed by atoms with Gasteiger partial charge in [-0.05, 0) is 24.8 Å². The largest absolute Gasteiger partial charge is 0.372 e. The van der Waals surface area contributed by atoms with Crippen molar-refractivity contribution in [2.24, 2.45) is 0 Å². The molecule has 0 aliphatic heterocycles. The van der Waals surface area contributed by atoms with Crippen molar-refractivity contribution in [1.29, 1.82) is 0 Å². The number of rotatable bonds is 7. The van der Waals surface area contributed by atoms with E-state index in [4.69, 9.17) is 4.74 Å². The smallest absolute Gasteiger partial charge is 0.214 e. The van der Waals surface area contributed by atoms with E-state index in [1.807, 2.05) is 37.3 Å². The van der Waals surface area contributed by atoms with Gasteiger partial charge in [0.15, 0.2) is 0 Å². The van der Waals surface area contributed by atoms with Gasteiger partial charge in [-0.3, -0.25) is 0 Å². The van der Waals surface area contributed by atoms with Gasteiger partial charge < -0.3 is 4.74 Å². The first kappa shape index (κ1) is 14.5. The Hall–Kier alpha value is -0.910. The predicted octanol–water partition coefficient (Wildman–Crippen LogP) is 2.02. The second-order valence-electron chi connectivity index (χ2n) is 4.98. The Kier molecular flexibility index (Phi) is 4.28. The molecule has 0 spiro atoms. The first-order valence-electron chi connectivity index (χ1n) is 6.63. The van der Waals surface area contributed by atoms with Gasteiger partial charge in [-0.15, -0.1) is 0 Å². The van der Waals surface area contributed by atoms with Crippen LogP contribution in [-0.4, -0.2) is 27.3 Å². The van der Waals surface area contributed by atoms with E-state index in [1.54, 1.807) is 7.11 Å². The summed E-state index contributed by atoms with van der Waals surface area (Å²) in [5, 5.41) is -0.199. The van der Waals surface area contributed by atoms with Crippen LogP contribution >= 0.6 is 0 Å². The third-order valence-electron chi connectivity index (χ3n) is 3.78. The maximum atomic E-state index is 11.9. The number of methoxy groups -OCH3 is 1. The lowest BCUT2D eigenvalue weighted by Gasteiger charge is -2.32. The van der Waals surface area contributed by atoms with E-state index >= 15 is 0 Å². The van der Waals surface area contributed by atoms with Crippen molar-refractivity contribution >= 4 is 10.0 Å². The van der Waals surface area contributed by atoms with Crippen LogP contribution in [0.25, 0.3) is 0 Å². The maximum Gasteiger partial charge on any atom is 0.214 e. The number of hydrogen-bond donors (Lipinski definition) is 1. The summed E-state index contributed by atoms with van der Waals surface area (Å²) in [5.41, 5.74) is 0.405. The SMILES string of the molecule is CCC(CNS(=O)(=O)C1CC1)(OC)c1ccccc1. The molecule has 106 valence electrons. The molecule has 0 bridgehead atoms. The Morgan fingerprint density at radius 1 is 1.32 bits per heavy atom. The summed E-state index contributed by atoms with van der Waals surface area (Å²) < 4.78 is 32.2. The third-order valence-corrected chi connectivity index (χ3v) is 5.68. The van der Waals surface area contributed by atoms with Crippen LogP contribution in [-0.2, 0) is 20.4 Å². The summed E-state index contributed by atoms with van der Waals surface area (Å²) in [7, 11) is -1.55. The number of sulfonamides is 1. The van der Waals surface area contributed by atoms with Gasteiger partial charge in [-0.2, -0.15) is 0 Å². The molecule has 1 aromatic rings. The summed E-state index contributed by atoms with van der Waals surface area (Å²) in [5.74, 6) is 0. The number of nitrogens with one attached hydrogen (secondary N) is 1.